The minimum absolute atomic E-state index is 0.0153. The highest BCUT2D eigenvalue weighted by Gasteiger charge is 2.39. The molecule has 4 rings (SSSR count). The normalized spacial score (nSPS) is 23.1. The lowest BCUT2D eigenvalue weighted by Crippen LogP contribution is -2.10. The molecule has 0 saturated heterocycles. The van der Waals surface area contributed by atoms with E-state index in [9.17, 15) is 9.18 Å². The molecule has 1 fully saturated rings. The van der Waals surface area contributed by atoms with Gasteiger partial charge in [-0.05, 0) is 30.5 Å². The second-order valence-corrected chi connectivity index (χ2v) is 5.83. The average Bonchev–Trinajstić information content (AvgIpc) is 3.22. The molecule has 1 aliphatic heterocycles. The molecule has 1 aliphatic carbocycles. The molecule has 2 heterocycles. The summed E-state index contributed by atoms with van der Waals surface area (Å²) in [4.78, 5) is 16.2. The van der Waals surface area contributed by atoms with Gasteiger partial charge in [0.2, 0.25) is 11.6 Å². The van der Waals surface area contributed by atoms with Crippen LogP contribution in [0.15, 0.2) is 24.3 Å². The Bertz CT molecular complexity index is 803. The third-order valence-electron chi connectivity index (χ3n) is 4.23. The van der Waals surface area contributed by atoms with Crippen LogP contribution in [0.1, 0.15) is 59.0 Å². The highest BCUT2D eigenvalue weighted by molar-refractivity contribution is 5.95. The highest BCUT2D eigenvalue weighted by Crippen LogP contribution is 2.40. The molecule has 0 bridgehead atoms. The number of fused-ring (bicyclic) bond motifs is 1. The first-order chi connectivity index (χ1) is 10.7. The summed E-state index contributed by atoms with van der Waals surface area (Å²) >= 11 is 0. The van der Waals surface area contributed by atoms with Crippen molar-refractivity contribution in [2.24, 2.45) is 5.92 Å². The minimum atomic E-state index is -1.23. The van der Waals surface area contributed by atoms with E-state index in [1.807, 2.05) is 6.07 Å². The zero-order valence-electron chi connectivity index (χ0n) is 11.7. The van der Waals surface area contributed by atoms with Crippen LogP contribution in [0.2, 0.25) is 0 Å². The summed E-state index contributed by atoms with van der Waals surface area (Å²) in [6.45, 7) is 0. The number of hydrogen-bond donors (Lipinski definition) is 0. The topological polar surface area (TPSA) is 71.6 Å². The van der Waals surface area contributed by atoms with E-state index in [-0.39, 0.29) is 35.8 Å². The number of rotatable bonds is 3. The maximum Gasteiger partial charge on any atom is 0.217 e. The molecule has 2 aromatic rings. The molecule has 22 heavy (non-hydrogen) atoms. The number of carbonyl (C=O) groups is 1. The Morgan fingerprint density at radius 1 is 1.41 bits per heavy atom. The van der Waals surface area contributed by atoms with Gasteiger partial charge in [0.15, 0.2) is 12.0 Å². The van der Waals surface area contributed by atoms with Crippen molar-refractivity contribution < 1.29 is 9.18 Å². The Hall–Kier alpha value is -2.55. The van der Waals surface area contributed by atoms with Crippen LogP contribution in [0.5, 0.6) is 0 Å². The molecule has 6 heteroatoms. The summed E-state index contributed by atoms with van der Waals surface area (Å²) in [7, 11) is 0. The second kappa shape index (κ2) is 4.73. The van der Waals surface area contributed by atoms with Crippen molar-refractivity contribution in [1.82, 2.24) is 14.8 Å². The molecule has 0 spiro atoms. The van der Waals surface area contributed by atoms with Crippen LogP contribution in [0, 0.1) is 17.2 Å². The van der Waals surface area contributed by atoms with Crippen LogP contribution in [0.4, 0.5) is 4.39 Å². The second-order valence-electron chi connectivity index (χ2n) is 5.83. The Kier molecular flexibility index (Phi) is 2.83. The first-order valence-electron chi connectivity index (χ1n) is 7.32. The molecule has 0 radical (unpaired) electrons. The number of nitriles is 1. The standard InChI is InChI=1S/C16H13FN4O/c17-12-7-13(11-3-1-2-9(6-11)8-18)21-16(12)19-15(20-21)14(22)10-4-5-10/h1-3,6,10,12-13H,4-5,7H2/t12-,13-/m0/s1. The predicted octanol–water partition coefficient (Wildman–Crippen LogP) is 2.75. The Balaban J connectivity index is 1.73. The van der Waals surface area contributed by atoms with Crippen LogP contribution in [0.3, 0.4) is 0 Å². The molecule has 1 saturated carbocycles. The van der Waals surface area contributed by atoms with Gasteiger partial charge in [0.05, 0.1) is 17.7 Å². The van der Waals surface area contributed by atoms with Crippen molar-refractivity contribution >= 4 is 5.78 Å². The van der Waals surface area contributed by atoms with Gasteiger partial charge in [-0.2, -0.15) is 5.26 Å². The molecule has 5 nitrogen and oxygen atoms in total. The molecule has 110 valence electrons. The number of aromatic nitrogens is 3. The van der Waals surface area contributed by atoms with Gasteiger partial charge in [0.1, 0.15) is 0 Å². The predicted molar refractivity (Wildman–Crippen MR) is 74.8 cm³/mol. The van der Waals surface area contributed by atoms with Crippen LogP contribution >= 0.6 is 0 Å². The first-order valence-corrected chi connectivity index (χ1v) is 7.32. The maximum absolute atomic E-state index is 14.2. The molecular weight excluding hydrogens is 283 g/mol. The lowest BCUT2D eigenvalue weighted by Gasteiger charge is -2.11. The van der Waals surface area contributed by atoms with Crippen molar-refractivity contribution in [2.75, 3.05) is 0 Å². The number of hydrogen-bond acceptors (Lipinski definition) is 4. The molecule has 0 amide bonds. The van der Waals surface area contributed by atoms with Gasteiger partial charge in [0.25, 0.3) is 0 Å². The molecule has 0 unspecified atom stereocenters. The molecule has 0 N–H and O–H groups in total. The van der Waals surface area contributed by atoms with Crippen molar-refractivity contribution in [3.63, 3.8) is 0 Å². The quantitative estimate of drug-likeness (QED) is 0.816. The maximum atomic E-state index is 14.2. The summed E-state index contributed by atoms with van der Waals surface area (Å²) < 4.78 is 15.7. The number of Topliss-reactive ketones (excluding diaryl/α,β-unsaturated/α-hetero) is 1. The zero-order chi connectivity index (χ0) is 15.3. The van der Waals surface area contributed by atoms with Crippen molar-refractivity contribution in [2.45, 2.75) is 31.5 Å². The Morgan fingerprint density at radius 3 is 2.95 bits per heavy atom. The lowest BCUT2D eigenvalue weighted by molar-refractivity contribution is 0.0956. The minimum Gasteiger partial charge on any atom is -0.290 e. The Labute approximate surface area is 126 Å². The fourth-order valence-electron chi connectivity index (χ4n) is 2.90. The van der Waals surface area contributed by atoms with Gasteiger partial charge in [-0.3, -0.25) is 4.79 Å². The summed E-state index contributed by atoms with van der Waals surface area (Å²) in [5.74, 6) is 0.276. The van der Waals surface area contributed by atoms with Gasteiger partial charge >= 0.3 is 0 Å². The van der Waals surface area contributed by atoms with Crippen LogP contribution < -0.4 is 0 Å². The van der Waals surface area contributed by atoms with E-state index >= 15 is 0 Å². The summed E-state index contributed by atoms with van der Waals surface area (Å²) in [5, 5.41) is 13.2. The fraction of sp³-hybridized carbons (Fsp3) is 0.375. The van der Waals surface area contributed by atoms with Crippen LogP contribution in [-0.2, 0) is 0 Å². The number of halogens is 1. The zero-order valence-corrected chi connectivity index (χ0v) is 11.7. The van der Waals surface area contributed by atoms with E-state index in [4.69, 9.17) is 5.26 Å². The number of ketones is 1. The van der Waals surface area contributed by atoms with Gasteiger partial charge in [0, 0.05) is 12.3 Å². The number of benzene rings is 1. The number of nitrogens with zero attached hydrogens (tertiary/aromatic N) is 4. The molecular formula is C16H13FN4O. The van der Waals surface area contributed by atoms with Crippen molar-refractivity contribution in [1.29, 1.82) is 5.26 Å². The largest absolute Gasteiger partial charge is 0.290 e. The third kappa shape index (κ3) is 2.01. The number of carbonyl (C=O) groups excluding carboxylic acids is 1. The van der Waals surface area contributed by atoms with E-state index in [1.54, 1.807) is 18.2 Å². The van der Waals surface area contributed by atoms with E-state index in [2.05, 4.69) is 16.2 Å². The monoisotopic (exact) mass is 296 g/mol. The third-order valence-corrected chi connectivity index (χ3v) is 4.23. The number of alkyl halides is 1. The lowest BCUT2D eigenvalue weighted by atomic mass is 10.0. The van der Waals surface area contributed by atoms with Gasteiger partial charge in [-0.1, -0.05) is 12.1 Å². The van der Waals surface area contributed by atoms with Gasteiger partial charge < -0.3 is 0 Å². The first kappa shape index (κ1) is 13.1. The molecule has 1 aromatic carbocycles. The Morgan fingerprint density at radius 2 is 2.23 bits per heavy atom. The smallest absolute Gasteiger partial charge is 0.217 e. The van der Waals surface area contributed by atoms with E-state index in [1.165, 1.54) is 4.68 Å². The molecule has 2 atom stereocenters. The van der Waals surface area contributed by atoms with Gasteiger partial charge in [-0.25, -0.2) is 14.1 Å². The van der Waals surface area contributed by atoms with Crippen LogP contribution in [-0.4, -0.2) is 20.5 Å². The summed E-state index contributed by atoms with van der Waals surface area (Å²) in [5.41, 5.74) is 1.34. The van der Waals surface area contributed by atoms with Crippen molar-refractivity contribution in [3.05, 3.63) is 47.0 Å². The van der Waals surface area contributed by atoms with Crippen LogP contribution in [0.25, 0.3) is 0 Å². The fourth-order valence-corrected chi connectivity index (χ4v) is 2.90. The van der Waals surface area contributed by atoms with E-state index < -0.39 is 6.17 Å². The summed E-state index contributed by atoms with van der Waals surface area (Å²) in [6, 6.07) is 8.82. The van der Waals surface area contributed by atoms with E-state index in [0.717, 1.165) is 18.4 Å². The highest BCUT2D eigenvalue weighted by atomic mass is 19.1. The van der Waals surface area contributed by atoms with Crippen molar-refractivity contribution in [3.8, 4) is 6.07 Å². The van der Waals surface area contributed by atoms with E-state index in [0.29, 0.717) is 5.56 Å². The SMILES string of the molecule is N#Cc1cccc([C@@H]2C[C@H](F)c3nc(C(=O)C4CC4)nn32)c1. The summed E-state index contributed by atoms with van der Waals surface area (Å²) in [6.07, 6.45) is 0.747. The molecule has 2 aliphatic rings. The van der Waals surface area contributed by atoms with Gasteiger partial charge in [-0.15, -0.1) is 5.10 Å². The average molecular weight is 296 g/mol. The molecule has 1 aromatic heterocycles.